The van der Waals surface area contributed by atoms with E-state index in [1.165, 1.54) is 0 Å². The Balaban J connectivity index is 1.23. The number of likely N-dealkylation sites (tertiary alicyclic amines) is 1. The zero-order chi connectivity index (χ0) is 26.9. The van der Waals surface area contributed by atoms with Crippen LogP contribution >= 0.6 is 0 Å². The standard InChI is InChI=1S/C29H32N4O5/c1-29(2,3)38-28(35)33-17-19-15-32(16-20(19)18-33)21-13-25(26(30)34)27(31-14-21)37-24-11-9-23(10-12-24)36-22-7-5-4-6-8-22/h4-14,19-20H,15-18H2,1-3H3,(H2,30,34). The molecule has 3 aromatic rings. The van der Waals surface area contributed by atoms with Crippen molar-refractivity contribution in [3.63, 3.8) is 0 Å². The predicted molar refractivity (Wildman–Crippen MR) is 143 cm³/mol. The first-order valence-electron chi connectivity index (χ1n) is 12.7. The maximum Gasteiger partial charge on any atom is 0.410 e. The summed E-state index contributed by atoms with van der Waals surface area (Å²) in [6.07, 6.45) is 1.43. The van der Waals surface area contributed by atoms with Crippen molar-refractivity contribution in [1.82, 2.24) is 9.88 Å². The summed E-state index contributed by atoms with van der Waals surface area (Å²) in [4.78, 5) is 33.1. The Morgan fingerprint density at radius 2 is 1.45 bits per heavy atom. The molecule has 0 bridgehead atoms. The Kier molecular flexibility index (Phi) is 6.84. The van der Waals surface area contributed by atoms with E-state index in [0.29, 0.717) is 36.4 Å². The fourth-order valence-electron chi connectivity index (χ4n) is 4.86. The number of rotatable bonds is 6. The van der Waals surface area contributed by atoms with E-state index < -0.39 is 11.5 Å². The Bertz CT molecular complexity index is 1290. The number of carbonyl (C=O) groups is 2. The molecule has 0 aliphatic carbocycles. The highest BCUT2D eigenvalue weighted by Crippen LogP contribution is 2.36. The molecule has 2 saturated heterocycles. The fourth-order valence-corrected chi connectivity index (χ4v) is 4.86. The Morgan fingerprint density at radius 1 is 0.868 bits per heavy atom. The molecule has 198 valence electrons. The first-order valence-corrected chi connectivity index (χ1v) is 12.7. The van der Waals surface area contributed by atoms with Crippen molar-refractivity contribution in [3.8, 4) is 23.1 Å². The van der Waals surface area contributed by atoms with Crippen LogP contribution in [-0.2, 0) is 4.74 Å². The van der Waals surface area contributed by atoms with Gasteiger partial charge in [-0.25, -0.2) is 9.78 Å². The minimum absolute atomic E-state index is 0.147. The second-order valence-corrected chi connectivity index (χ2v) is 10.7. The second-order valence-electron chi connectivity index (χ2n) is 10.7. The van der Waals surface area contributed by atoms with Crippen molar-refractivity contribution in [2.24, 2.45) is 17.6 Å². The molecule has 9 heteroatoms. The molecular formula is C29H32N4O5. The van der Waals surface area contributed by atoms with Gasteiger partial charge in [0.1, 0.15) is 28.4 Å². The first-order chi connectivity index (χ1) is 18.1. The monoisotopic (exact) mass is 516 g/mol. The number of primary amides is 1. The molecule has 2 atom stereocenters. The van der Waals surface area contributed by atoms with Gasteiger partial charge in [-0.3, -0.25) is 4.79 Å². The van der Waals surface area contributed by atoms with Crippen LogP contribution in [0.15, 0.2) is 66.9 Å². The Labute approximate surface area is 222 Å². The Hall–Kier alpha value is -4.27. The van der Waals surface area contributed by atoms with Crippen LogP contribution in [0, 0.1) is 11.8 Å². The van der Waals surface area contributed by atoms with Gasteiger partial charge in [-0.1, -0.05) is 18.2 Å². The van der Waals surface area contributed by atoms with Crippen molar-refractivity contribution in [3.05, 3.63) is 72.4 Å². The van der Waals surface area contributed by atoms with Crippen molar-refractivity contribution in [1.29, 1.82) is 0 Å². The molecule has 3 heterocycles. The van der Waals surface area contributed by atoms with Crippen LogP contribution in [0.3, 0.4) is 0 Å². The quantitative estimate of drug-likeness (QED) is 0.487. The summed E-state index contributed by atoms with van der Waals surface area (Å²) < 4.78 is 17.2. The number of fused-ring (bicyclic) bond motifs is 1. The largest absolute Gasteiger partial charge is 0.457 e. The lowest BCUT2D eigenvalue weighted by Crippen LogP contribution is -2.37. The molecule has 0 saturated carbocycles. The van der Waals surface area contributed by atoms with Crippen LogP contribution < -0.4 is 20.1 Å². The SMILES string of the molecule is CC(C)(C)OC(=O)N1CC2CN(c3cnc(Oc4ccc(Oc5ccccc5)cc4)c(C(N)=O)c3)CC2C1. The minimum atomic E-state index is -0.617. The average Bonchev–Trinajstić information content (AvgIpc) is 3.45. The number of nitrogens with two attached hydrogens (primary N) is 1. The maximum absolute atomic E-state index is 12.5. The molecular weight excluding hydrogens is 484 g/mol. The molecule has 2 aromatic carbocycles. The van der Waals surface area contributed by atoms with Crippen LogP contribution in [0.4, 0.5) is 10.5 Å². The third kappa shape index (κ3) is 5.82. The predicted octanol–water partition coefficient (Wildman–Crippen LogP) is 5.07. The number of benzene rings is 2. The van der Waals surface area contributed by atoms with Gasteiger partial charge >= 0.3 is 6.09 Å². The highest BCUT2D eigenvalue weighted by molar-refractivity contribution is 5.96. The van der Waals surface area contributed by atoms with Gasteiger partial charge in [0.2, 0.25) is 5.88 Å². The highest BCUT2D eigenvalue weighted by Gasteiger charge is 2.43. The summed E-state index contributed by atoms with van der Waals surface area (Å²) in [6, 6.07) is 18.3. The fraction of sp³-hybridized carbons (Fsp3) is 0.345. The molecule has 38 heavy (non-hydrogen) atoms. The van der Waals surface area contributed by atoms with Crippen molar-refractivity contribution in [2.45, 2.75) is 26.4 Å². The van der Waals surface area contributed by atoms with Gasteiger partial charge in [-0.15, -0.1) is 0 Å². The number of hydrogen-bond acceptors (Lipinski definition) is 7. The van der Waals surface area contributed by atoms with Gasteiger partial charge in [0, 0.05) is 38.0 Å². The van der Waals surface area contributed by atoms with Crippen LogP contribution in [0.1, 0.15) is 31.1 Å². The zero-order valence-corrected chi connectivity index (χ0v) is 21.8. The molecule has 2 aliphatic heterocycles. The molecule has 9 nitrogen and oxygen atoms in total. The van der Waals surface area contributed by atoms with Crippen LogP contribution in [-0.4, -0.2) is 53.7 Å². The summed E-state index contributed by atoms with van der Waals surface area (Å²) in [5, 5.41) is 0. The Morgan fingerprint density at radius 3 is 2.03 bits per heavy atom. The normalized spacial score (nSPS) is 18.7. The van der Waals surface area contributed by atoms with Gasteiger partial charge in [-0.2, -0.15) is 0 Å². The van der Waals surface area contributed by atoms with Gasteiger partial charge in [-0.05, 0) is 63.2 Å². The first kappa shape index (κ1) is 25.4. The van der Waals surface area contributed by atoms with Gasteiger partial charge < -0.3 is 29.7 Å². The number of carbonyl (C=O) groups excluding carboxylic acids is 2. The number of amides is 2. The highest BCUT2D eigenvalue weighted by atomic mass is 16.6. The van der Waals surface area contributed by atoms with Gasteiger partial charge in [0.25, 0.3) is 5.91 Å². The molecule has 2 aliphatic rings. The lowest BCUT2D eigenvalue weighted by Gasteiger charge is -2.26. The number of nitrogens with zero attached hydrogens (tertiary/aromatic N) is 3. The zero-order valence-electron chi connectivity index (χ0n) is 21.8. The molecule has 2 unspecified atom stereocenters. The van der Waals surface area contributed by atoms with E-state index >= 15 is 0 Å². The van der Waals surface area contributed by atoms with Gasteiger partial charge in [0.05, 0.1) is 11.9 Å². The van der Waals surface area contributed by atoms with Crippen molar-refractivity contribution < 1.29 is 23.8 Å². The van der Waals surface area contributed by atoms with Crippen LogP contribution in [0.2, 0.25) is 0 Å². The number of aromatic nitrogens is 1. The lowest BCUT2D eigenvalue weighted by molar-refractivity contribution is 0.0282. The van der Waals surface area contributed by atoms with Gasteiger partial charge in [0.15, 0.2) is 0 Å². The minimum Gasteiger partial charge on any atom is -0.457 e. The number of anilines is 1. The van der Waals surface area contributed by atoms with Crippen LogP contribution in [0.5, 0.6) is 23.1 Å². The molecule has 2 N–H and O–H groups in total. The molecule has 2 fully saturated rings. The average molecular weight is 517 g/mol. The van der Waals surface area contributed by atoms with E-state index in [9.17, 15) is 9.59 Å². The summed E-state index contributed by atoms with van der Waals surface area (Å²) >= 11 is 0. The molecule has 2 amide bonds. The molecule has 0 radical (unpaired) electrons. The van der Waals surface area contributed by atoms with E-state index in [-0.39, 0.29) is 17.5 Å². The van der Waals surface area contributed by atoms with E-state index in [2.05, 4.69) is 9.88 Å². The molecule has 0 spiro atoms. The second kappa shape index (κ2) is 10.2. The summed E-state index contributed by atoms with van der Waals surface area (Å²) in [5.74, 6) is 2.08. The molecule has 5 rings (SSSR count). The molecule has 1 aromatic heterocycles. The smallest absolute Gasteiger partial charge is 0.410 e. The summed E-state index contributed by atoms with van der Waals surface area (Å²) in [5.41, 5.74) is 6.18. The number of pyridine rings is 1. The van der Waals surface area contributed by atoms with Crippen LogP contribution in [0.25, 0.3) is 0 Å². The third-order valence-corrected chi connectivity index (χ3v) is 6.62. The lowest BCUT2D eigenvalue weighted by atomic mass is 10.0. The van der Waals surface area contributed by atoms with E-state index in [1.807, 2.05) is 51.1 Å². The summed E-state index contributed by atoms with van der Waals surface area (Å²) in [7, 11) is 0. The third-order valence-electron chi connectivity index (χ3n) is 6.62. The van der Waals surface area contributed by atoms with Crippen molar-refractivity contribution in [2.75, 3.05) is 31.1 Å². The number of ether oxygens (including phenoxy) is 3. The van der Waals surface area contributed by atoms with E-state index in [1.54, 1.807) is 41.4 Å². The summed E-state index contributed by atoms with van der Waals surface area (Å²) in [6.45, 7) is 8.43. The number of para-hydroxylation sites is 1. The topological polar surface area (TPSA) is 107 Å². The maximum atomic E-state index is 12.5. The van der Waals surface area contributed by atoms with Crippen molar-refractivity contribution >= 4 is 17.7 Å². The van der Waals surface area contributed by atoms with E-state index in [4.69, 9.17) is 19.9 Å². The van der Waals surface area contributed by atoms with E-state index in [0.717, 1.165) is 24.5 Å². The number of hydrogen-bond donors (Lipinski definition) is 1.